The molecule has 1 aromatic heterocycles. The summed E-state index contributed by atoms with van der Waals surface area (Å²) < 4.78 is 0. The average molecular weight is 499 g/mol. The first-order valence-corrected chi connectivity index (χ1v) is 10.5. The Bertz CT molecular complexity index is 604. The van der Waals surface area contributed by atoms with Gasteiger partial charge in [0, 0.05) is 71.8 Å². The summed E-state index contributed by atoms with van der Waals surface area (Å²) in [6, 6.07) is 1.87. The maximum absolute atomic E-state index is 4.55. The fourth-order valence-corrected chi connectivity index (χ4v) is 4.86. The van der Waals surface area contributed by atoms with E-state index in [1.165, 1.54) is 38.8 Å². The number of nitrogens with zero attached hydrogens (tertiary/aromatic N) is 6. The third kappa shape index (κ3) is 5.25. The molecule has 4 rings (SSSR count). The van der Waals surface area contributed by atoms with Crippen LogP contribution in [0.3, 0.4) is 0 Å². The summed E-state index contributed by atoms with van der Waals surface area (Å²) in [5.74, 6) is 3.74. The van der Waals surface area contributed by atoms with Gasteiger partial charge < -0.3 is 15.1 Å². The number of anilines is 1. The lowest BCUT2D eigenvalue weighted by Gasteiger charge is -2.34. The van der Waals surface area contributed by atoms with Gasteiger partial charge in [0.15, 0.2) is 5.96 Å². The van der Waals surface area contributed by atoms with Crippen LogP contribution in [0, 0.1) is 11.8 Å². The zero-order valence-corrected chi connectivity index (χ0v) is 19.3. The summed E-state index contributed by atoms with van der Waals surface area (Å²) in [6.45, 7) is 8.52. The van der Waals surface area contributed by atoms with Crippen LogP contribution in [0.5, 0.6) is 0 Å². The van der Waals surface area contributed by atoms with Gasteiger partial charge in [-0.2, -0.15) is 0 Å². The van der Waals surface area contributed by atoms with Gasteiger partial charge >= 0.3 is 0 Å². The summed E-state index contributed by atoms with van der Waals surface area (Å²) in [6.07, 6.45) is 9.29. The number of fused-ring (bicyclic) bond motifs is 1. The summed E-state index contributed by atoms with van der Waals surface area (Å²) >= 11 is 0. The molecule has 156 valence electrons. The first kappa shape index (κ1) is 21.5. The number of rotatable bonds is 4. The second-order valence-electron chi connectivity index (χ2n) is 8.06. The van der Waals surface area contributed by atoms with E-state index in [0.29, 0.717) is 0 Å². The van der Waals surface area contributed by atoms with Gasteiger partial charge in [-0.3, -0.25) is 9.89 Å². The molecule has 8 heteroatoms. The minimum Gasteiger partial charge on any atom is -0.355 e. The standard InChI is InChI=1S/C20H33N7.HI/c1-21-19(27-15-17-5-2-3-6-18(17)16-27)24-9-10-25-11-13-26(14-12-25)20-22-7-4-8-23-20;/h4,7-8,17-18H,2-3,5-6,9-16H2,1H3,(H,21,24);1H. The van der Waals surface area contributed by atoms with Gasteiger partial charge in [-0.15, -0.1) is 24.0 Å². The van der Waals surface area contributed by atoms with Crippen LogP contribution in [0.2, 0.25) is 0 Å². The molecular formula is C20H34IN7. The Morgan fingerprint density at radius 1 is 1.07 bits per heavy atom. The van der Waals surface area contributed by atoms with E-state index in [2.05, 4.69) is 35.0 Å². The topological polar surface area (TPSA) is 59.9 Å². The Balaban J connectivity index is 0.00000225. The number of halogens is 1. The molecule has 0 aromatic carbocycles. The normalized spacial score (nSPS) is 26.0. The molecule has 1 aromatic rings. The van der Waals surface area contributed by atoms with Crippen LogP contribution in [0.1, 0.15) is 25.7 Å². The number of guanidine groups is 1. The Kier molecular flexibility index (Phi) is 8.13. The second kappa shape index (κ2) is 10.6. The fourth-order valence-electron chi connectivity index (χ4n) is 4.86. The van der Waals surface area contributed by atoms with Crippen molar-refractivity contribution < 1.29 is 0 Å². The largest absolute Gasteiger partial charge is 0.355 e. The molecule has 1 aliphatic carbocycles. The lowest BCUT2D eigenvalue weighted by Crippen LogP contribution is -2.50. The molecule has 1 N–H and O–H groups in total. The molecule has 3 heterocycles. The van der Waals surface area contributed by atoms with Crippen LogP contribution in [-0.2, 0) is 0 Å². The summed E-state index contributed by atoms with van der Waals surface area (Å²) in [7, 11) is 1.92. The SMILES string of the molecule is CN=C(NCCN1CCN(c2ncccn2)CC1)N1CC2CCCCC2C1.I. The number of hydrogen-bond acceptors (Lipinski definition) is 5. The molecule has 28 heavy (non-hydrogen) atoms. The van der Waals surface area contributed by atoms with Crippen molar-refractivity contribution in [3.63, 3.8) is 0 Å². The number of likely N-dealkylation sites (tertiary alicyclic amines) is 1. The zero-order chi connectivity index (χ0) is 18.5. The van der Waals surface area contributed by atoms with E-state index in [1.54, 1.807) is 0 Å². The van der Waals surface area contributed by atoms with Crippen molar-refractivity contribution in [2.75, 3.05) is 64.3 Å². The Hall–Kier alpha value is -1.16. The molecule has 0 amide bonds. The first-order chi connectivity index (χ1) is 13.3. The maximum atomic E-state index is 4.55. The maximum Gasteiger partial charge on any atom is 0.225 e. The van der Waals surface area contributed by atoms with E-state index < -0.39 is 0 Å². The minimum atomic E-state index is 0. The van der Waals surface area contributed by atoms with Crippen LogP contribution in [0.15, 0.2) is 23.5 Å². The average Bonchev–Trinajstić information content (AvgIpc) is 3.16. The van der Waals surface area contributed by atoms with Gasteiger partial charge in [0.2, 0.25) is 5.95 Å². The molecule has 2 saturated heterocycles. The number of aromatic nitrogens is 2. The lowest BCUT2D eigenvalue weighted by molar-refractivity contribution is 0.259. The number of nitrogens with one attached hydrogen (secondary N) is 1. The highest BCUT2D eigenvalue weighted by molar-refractivity contribution is 14.0. The molecule has 0 spiro atoms. The number of piperazine rings is 1. The van der Waals surface area contributed by atoms with Gasteiger partial charge in [0.1, 0.15) is 0 Å². The summed E-state index contributed by atoms with van der Waals surface area (Å²) in [4.78, 5) is 20.6. The second-order valence-corrected chi connectivity index (χ2v) is 8.06. The van der Waals surface area contributed by atoms with Crippen LogP contribution < -0.4 is 10.2 Å². The van der Waals surface area contributed by atoms with Gasteiger partial charge in [-0.1, -0.05) is 12.8 Å². The van der Waals surface area contributed by atoms with E-state index >= 15 is 0 Å². The molecular weight excluding hydrogens is 465 g/mol. The van der Waals surface area contributed by atoms with Crippen molar-refractivity contribution in [2.45, 2.75) is 25.7 Å². The molecule has 0 radical (unpaired) electrons. The zero-order valence-electron chi connectivity index (χ0n) is 17.0. The quantitative estimate of drug-likeness (QED) is 0.388. The molecule has 3 fully saturated rings. The highest BCUT2D eigenvalue weighted by atomic mass is 127. The van der Waals surface area contributed by atoms with Crippen molar-refractivity contribution in [3.8, 4) is 0 Å². The Labute approximate surface area is 186 Å². The number of hydrogen-bond donors (Lipinski definition) is 1. The summed E-state index contributed by atoms with van der Waals surface area (Å²) in [5.41, 5.74) is 0. The van der Waals surface area contributed by atoms with E-state index in [4.69, 9.17) is 0 Å². The Morgan fingerprint density at radius 3 is 2.32 bits per heavy atom. The van der Waals surface area contributed by atoms with Crippen molar-refractivity contribution in [2.24, 2.45) is 16.8 Å². The van der Waals surface area contributed by atoms with Gasteiger partial charge in [0.05, 0.1) is 0 Å². The molecule has 3 aliphatic rings. The van der Waals surface area contributed by atoms with Crippen molar-refractivity contribution in [3.05, 3.63) is 18.5 Å². The van der Waals surface area contributed by atoms with Crippen LogP contribution in [-0.4, -0.2) is 85.1 Å². The molecule has 0 bridgehead atoms. The van der Waals surface area contributed by atoms with Gasteiger partial charge in [-0.05, 0) is 30.7 Å². The third-order valence-corrected chi connectivity index (χ3v) is 6.41. The number of aliphatic imine (C=N–C) groups is 1. The van der Waals surface area contributed by atoms with E-state index in [0.717, 1.165) is 63.0 Å². The molecule has 2 atom stereocenters. The minimum absolute atomic E-state index is 0. The third-order valence-electron chi connectivity index (χ3n) is 6.41. The van der Waals surface area contributed by atoms with E-state index in [1.807, 2.05) is 25.5 Å². The Morgan fingerprint density at radius 2 is 1.71 bits per heavy atom. The van der Waals surface area contributed by atoms with Gasteiger partial charge in [0.25, 0.3) is 0 Å². The summed E-state index contributed by atoms with van der Waals surface area (Å²) in [5, 5.41) is 3.61. The van der Waals surface area contributed by atoms with Crippen LogP contribution in [0.4, 0.5) is 5.95 Å². The van der Waals surface area contributed by atoms with Crippen LogP contribution in [0.25, 0.3) is 0 Å². The van der Waals surface area contributed by atoms with E-state index in [-0.39, 0.29) is 24.0 Å². The molecule has 7 nitrogen and oxygen atoms in total. The van der Waals surface area contributed by atoms with Crippen LogP contribution >= 0.6 is 24.0 Å². The van der Waals surface area contributed by atoms with Crippen molar-refractivity contribution in [1.82, 2.24) is 25.1 Å². The predicted octanol–water partition coefficient (Wildman–Crippen LogP) is 1.91. The highest BCUT2D eigenvalue weighted by Gasteiger charge is 2.35. The van der Waals surface area contributed by atoms with Gasteiger partial charge in [-0.25, -0.2) is 9.97 Å². The van der Waals surface area contributed by atoms with Crippen molar-refractivity contribution in [1.29, 1.82) is 0 Å². The fraction of sp³-hybridized carbons (Fsp3) is 0.750. The predicted molar refractivity (Wildman–Crippen MR) is 124 cm³/mol. The smallest absolute Gasteiger partial charge is 0.225 e. The first-order valence-electron chi connectivity index (χ1n) is 10.5. The lowest BCUT2D eigenvalue weighted by atomic mass is 9.82. The molecule has 2 unspecified atom stereocenters. The van der Waals surface area contributed by atoms with E-state index in [9.17, 15) is 0 Å². The molecule has 1 saturated carbocycles. The monoisotopic (exact) mass is 499 g/mol. The highest BCUT2D eigenvalue weighted by Crippen LogP contribution is 2.35. The van der Waals surface area contributed by atoms with Crippen molar-refractivity contribution >= 4 is 35.9 Å². The molecule has 2 aliphatic heterocycles.